The standard InChI is InChI=1S/C20H13ClF6N2O2/c1-2-31-18(30)13-9-28-15-7-10(19(22,23)24)3-5-12(15)17(13)29-16-8-11(20(25,26)27)4-6-14(16)21/h3-9H,2H2,1H3,(H,28,29). The smallest absolute Gasteiger partial charge is 0.416 e. The molecule has 2 aromatic carbocycles. The summed E-state index contributed by atoms with van der Waals surface area (Å²) in [4.78, 5) is 16.2. The summed E-state index contributed by atoms with van der Waals surface area (Å²) >= 11 is 6.02. The van der Waals surface area contributed by atoms with E-state index in [4.69, 9.17) is 16.3 Å². The Labute approximate surface area is 176 Å². The van der Waals surface area contributed by atoms with Crippen LogP contribution < -0.4 is 5.32 Å². The zero-order valence-corrected chi connectivity index (χ0v) is 16.4. The first kappa shape index (κ1) is 22.7. The fourth-order valence-corrected chi connectivity index (χ4v) is 2.97. The number of carbonyl (C=O) groups excluding carboxylic acids is 1. The Balaban J connectivity index is 2.21. The lowest BCUT2D eigenvalue weighted by Crippen LogP contribution is -2.11. The Morgan fingerprint density at radius 1 is 1.03 bits per heavy atom. The van der Waals surface area contributed by atoms with Crippen LogP contribution in [-0.4, -0.2) is 17.6 Å². The first-order valence-electron chi connectivity index (χ1n) is 8.72. The molecule has 0 bridgehead atoms. The highest BCUT2D eigenvalue weighted by atomic mass is 35.5. The average molecular weight is 463 g/mol. The van der Waals surface area contributed by atoms with Crippen LogP contribution >= 0.6 is 11.6 Å². The quantitative estimate of drug-likeness (QED) is 0.340. The van der Waals surface area contributed by atoms with Crippen LogP contribution in [0.3, 0.4) is 0 Å². The molecule has 11 heteroatoms. The van der Waals surface area contributed by atoms with E-state index in [9.17, 15) is 31.1 Å². The van der Waals surface area contributed by atoms with Gasteiger partial charge in [0.1, 0.15) is 5.56 Å². The topological polar surface area (TPSA) is 51.2 Å². The van der Waals surface area contributed by atoms with Crippen molar-refractivity contribution in [2.24, 2.45) is 0 Å². The lowest BCUT2D eigenvalue weighted by Gasteiger charge is -2.17. The fraction of sp³-hybridized carbons (Fsp3) is 0.200. The van der Waals surface area contributed by atoms with Crippen molar-refractivity contribution in [3.63, 3.8) is 0 Å². The molecule has 4 nitrogen and oxygen atoms in total. The molecule has 1 N–H and O–H groups in total. The average Bonchev–Trinajstić information content (AvgIpc) is 2.67. The highest BCUT2D eigenvalue weighted by Gasteiger charge is 2.32. The van der Waals surface area contributed by atoms with Gasteiger partial charge in [-0.25, -0.2) is 4.79 Å². The number of hydrogen-bond donors (Lipinski definition) is 1. The molecule has 0 aliphatic carbocycles. The number of carbonyl (C=O) groups is 1. The number of pyridine rings is 1. The van der Waals surface area contributed by atoms with Gasteiger partial charge in [0.05, 0.1) is 39.6 Å². The highest BCUT2D eigenvalue weighted by Crippen LogP contribution is 2.38. The second-order valence-corrected chi connectivity index (χ2v) is 6.72. The van der Waals surface area contributed by atoms with Crippen molar-refractivity contribution in [2.75, 3.05) is 11.9 Å². The van der Waals surface area contributed by atoms with Gasteiger partial charge in [-0.3, -0.25) is 4.98 Å². The number of alkyl halides is 6. The molecule has 0 fully saturated rings. The molecular weight excluding hydrogens is 450 g/mol. The number of esters is 1. The number of anilines is 2. The minimum Gasteiger partial charge on any atom is -0.462 e. The maximum Gasteiger partial charge on any atom is 0.416 e. The van der Waals surface area contributed by atoms with Crippen molar-refractivity contribution >= 4 is 39.8 Å². The number of nitrogens with zero attached hydrogens (tertiary/aromatic N) is 1. The van der Waals surface area contributed by atoms with Gasteiger partial charge in [-0.05, 0) is 37.3 Å². The molecular formula is C20H13ClF6N2O2. The monoisotopic (exact) mass is 462 g/mol. The van der Waals surface area contributed by atoms with Crippen molar-refractivity contribution in [1.82, 2.24) is 4.98 Å². The SMILES string of the molecule is CCOC(=O)c1cnc2cc(C(F)(F)F)ccc2c1Nc1cc(C(F)(F)F)ccc1Cl. The second kappa shape index (κ2) is 8.26. The third-order valence-electron chi connectivity index (χ3n) is 4.25. The van der Waals surface area contributed by atoms with E-state index in [1.807, 2.05) is 0 Å². The summed E-state index contributed by atoms with van der Waals surface area (Å²) in [7, 11) is 0. The first-order valence-corrected chi connectivity index (χ1v) is 9.10. The van der Waals surface area contributed by atoms with Crippen LogP contribution in [0.15, 0.2) is 42.6 Å². The van der Waals surface area contributed by atoms with Gasteiger partial charge < -0.3 is 10.1 Å². The van der Waals surface area contributed by atoms with E-state index in [1.54, 1.807) is 6.92 Å². The summed E-state index contributed by atoms with van der Waals surface area (Å²) in [6, 6.07) is 5.13. The Bertz CT molecular complexity index is 1140. The van der Waals surface area contributed by atoms with Crippen LogP contribution in [0.25, 0.3) is 10.9 Å². The van der Waals surface area contributed by atoms with E-state index >= 15 is 0 Å². The third-order valence-corrected chi connectivity index (χ3v) is 4.57. The maximum atomic E-state index is 13.1. The van der Waals surface area contributed by atoms with E-state index in [0.717, 1.165) is 42.6 Å². The Hall–Kier alpha value is -3.01. The van der Waals surface area contributed by atoms with Gasteiger partial charge in [-0.1, -0.05) is 17.7 Å². The summed E-state index contributed by atoms with van der Waals surface area (Å²) in [5.41, 5.74) is -2.57. The summed E-state index contributed by atoms with van der Waals surface area (Å²) in [5, 5.41) is 2.60. The largest absolute Gasteiger partial charge is 0.462 e. The predicted octanol–water partition coefficient (Wildman–Crippen LogP) is 6.85. The number of nitrogens with one attached hydrogen (secondary N) is 1. The van der Waals surface area contributed by atoms with Gasteiger partial charge in [-0.2, -0.15) is 26.3 Å². The molecule has 1 aromatic heterocycles. The zero-order valence-electron chi connectivity index (χ0n) is 15.7. The number of fused-ring (bicyclic) bond motifs is 1. The molecule has 0 saturated carbocycles. The molecule has 0 radical (unpaired) electrons. The van der Waals surface area contributed by atoms with E-state index in [-0.39, 0.29) is 39.5 Å². The number of ether oxygens (including phenoxy) is 1. The number of hydrogen-bond acceptors (Lipinski definition) is 4. The van der Waals surface area contributed by atoms with Crippen LogP contribution in [0.4, 0.5) is 37.7 Å². The summed E-state index contributed by atoms with van der Waals surface area (Å²) < 4.78 is 83.3. The van der Waals surface area contributed by atoms with Crippen molar-refractivity contribution < 1.29 is 35.9 Å². The van der Waals surface area contributed by atoms with Crippen LogP contribution in [0.5, 0.6) is 0 Å². The molecule has 164 valence electrons. The van der Waals surface area contributed by atoms with Crippen molar-refractivity contribution in [1.29, 1.82) is 0 Å². The fourth-order valence-electron chi connectivity index (χ4n) is 2.80. The predicted molar refractivity (Wildman–Crippen MR) is 102 cm³/mol. The molecule has 3 rings (SSSR count). The third kappa shape index (κ3) is 4.84. The normalized spacial score (nSPS) is 12.1. The summed E-state index contributed by atoms with van der Waals surface area (Å²) in [6.07, 6.45) is -8.30. The maximum absolute atomic E-state index is 13.1. The van der Waals surface area contributed by atoms with Crippen molar-refractivity contribution in [3.8, 4) is 0 Å². The number of aromatic nitrogens is 1. The molecule has 31 heavy (non-hydrogen) atoms. The lowest BCUT2D eigenvalue weighted by atomic mass is 10.1. The molecule has 0 saturated heterocycles. The minimum absolute atomic E-state index is 0.00631. The van der Waals surface area contributed by atoms with Gasteiger partial charge in [0, 0.05) is 11.6 Å². The summed E-state index contributed by atoms with van der Waals surface area (Å²) in [5.74, 6) is -0.859. The molecule has 0 atom stereocenters. The molecule has 0 spiro atoms. The lowest BCUT2D eigenvalue weighted by molar-refractivity contribution is -0.138. The van der Waals surface area contributed by atoms with Gasteiger partial charge in [0.25, 0.3) is 0 Å². The molecule has 1 heterocycles. The van der Waals surface area contributed by atoms with E-state index in [0.29, 0.717) is 0 Å². The van der Waals surface area contributed by atoms with E-state index < -0.39 is 29.4 Å². The Kier molecular flexibility index (Phi) is 6.04. The van der Waals surface area contributed by atoms with Crippen LogP contribution in [-0.2, 0) is 17.1 Å². The van der Waals surface area contributed by atoms with Gasteiger partial charge in [0.15, 0.2) is 0 Å². The molecule has 0 aliphatic heterocycles. The number of halogens is 7. The second-order valence-electron chi connectivity index (χ2n) is 6.31. The molecule has 0 amide bonds. The van der Waals surface area contributed by atoms with Crippen molar-refractivity contribution in [2.45, 2.75) is 19.3 Å². The molecule has 3 aromatic rings. The number of rotatable bonds is 4. The Morgan fingerprint density at radius 3 is 2.26 bits per heavy atom. The highest BCUT2D eigenvalue weighted by molar-refractivity contribution is 6.33. The van der Waals surface area contributed by atoms with Gasteiger partial charge >= 0.3 is 18.3 Å². The first-order chi connectivity index (χ1) is 14.4. The molecule has 0 aliphatic rings. The minimum atomic E-state index is -4.66. The van der Waals surface area contributed by atoms with Crippen molar-refractivity contribution in [3.05, 3.63) is 64.3 Å². The number of benzene rings is 2. The molecule has 0 unspecified atom stereocenters. The van der Waals surface area contributed by atoms with E-state index in [1.165, 1.54) is 0 Å². The van der Waals surface area contributed by atoms with Crippen LogP contribution in [0.1, 0.15) is 28.4 Å². The van der Waals surface area contributed by atoms with E-state index in [2.05, 4.69) is 10.3 Å². The summed E-state index contributed by atoms with van der Waals surface area (Å²) in [6.45, 7) is 1.53. The van der Waals surface area contributed by atoms with Gasteiger partial charge in [-0.15, -0.1) is 0 Å². The zero-order chi connectivity index (χ0) is 23.0. The Morgan fingerprint density at radius 2 is 1.65 bits per heavy atom. The van der Waals surface area contributed by atoms with Crippen LogP contribution in [0.2, 0.25) is 5.02 Å². The van der Waals surface area contributed by atoms with Crippen LogP contribution in [0, 0.1) is 0 Å². The van der Waals surface area contributed by atoms with Gasteiger partial charge in [0.2, 0.25) is 0 Å².